The van der Waals surface area contributed by atoms with Crippen LogP contribution in [0, 0.1) is 0 Å². The summed E-state index contributed by atoms with van der Waals surface area (Å²) in [5.41, 5.74) is 5.90. The van der Waals surface area contributed by atoms with Crippen LogP contribution in [-0.4, -0.2) is 40.3 Å². The molecule has 1 aromatic carbocycles. The van der Waals surface area contributed by atoms with Crippen molar-refractivity contribution in [3.63, 3.8) is 0 Å². The van der Waals surface area contributed by atoms with E-state index in [0.29, 0.717) is 18.1 Å². The minimum atomic E-state index is -0.738. The average Bonchev–Trinajstić information content (AvgIpc) is 3.08. The number of hydrogen-bond acceptors (Lipinski definition) is 5. The number of carbonyl (C=O) groups is 1. The first-order valence-corrected chi connectivity index (χ1v) is 10.0. The van der Waals surface area contributed by atoms with E-state index in [-0.39, 0.29) is 30.3 Å². The van der Waals surface area contributed by atoms with Crippen LogP contribution in [0.25, 0.3) is 0 Å². The third kappa shape index (κ3) is 4.89. The number of aromatic nitrogens is 3. The summed E-state index contributed by atoms with van der Waals surface area (Å²) in [5, 5.41) is 0.388. The highest BCUT2D eigenvalue weighted by Crippen LogP contribution is 2.22. The molecular weight excluding hydrogens is 422 g/mol. The first-order valence-electron chi connectivity index (χ1n) is 9.62. The van der Waals surface area contributed by atoms with Crippen LogP contribution < -0.4 is 21.9 Å². The van der Waals surface area contributed by atoms with Gasteiger partial charge in [-0.3, -0.25) is 24.0 Å². The molecule has 0 fully saturated rings. The van der Waals surface area contributed by atoms with Crippen molar-refractivity contribution in [1.29, 1.82) is 0 Å². The third-order valence-corrected chi connectivity index (χ3v) is 5.04. The highest BCUT2D eigenvalue weighted by molar-refractivity contribution is 6.31. The number of nitrogens with zero attached hydrogens (tertiary/aromatic N) is 3. The Labute approximate surface area is 183 Å². The van der Waals surface area contributed by atoms with Gasteiger partial charge in [0.2, 0.25) is 0 Å². The Morgan fingerprint density at radius 2 is 1.97 bits per heavy atom. The van der Waals surface area contributed by atoms with Gasteiger partial charge in [0, 0.05) is 33.5 Å². The van der Waals surface area contributed by atoms with E-state index >= 15 is 0 Å². The zero-order valence-corrected chi connectivity index (χ0v) is 18.1. The van der Waals surface area contributed by atoms with E-state index in [0.717, 1.165) is 5.56 Å². The normalized spacial score (nSPS) is 10.9. The summed E-state index contributed by atoms with van der Waals surface area (Å²) in [7, 11) is 3.22. The van der Waals surface area contributed by atoms with Gasteiger partial charge >= 0.3 is 5.69 Å². The van der Waals surface area contributed by atoms with Crippen molar-refractivity contribution in [2.24, 2.45) is 7.05 Å². The molecule has 9 nitrogen and oxygen atoms in total. The largest absolute Gasteiger partial charge is 0.385 e. The van der Waals surface area contributed by atoms with E-state index in [1.54, 1.807) is 24.9 Å². The maximum absolute atomic E-state index is 13.3. The molecule has 3 aromatic rings. The molecule has 0 saturated heterocycles. The molecule has 10 heteroatoms. The number of rotatable bonds is 8. The number of aryl methyl sites for hydroxylation is 1. The van der Waals surface area contributed by atoms with Crippen LogP contribution >= 0.6 is 11.6 Å². The number of halogens is 1. The summed E-state index contributed by atoms with van der Waals surface area (Å²) < 4.78 is 7.89. The second kappa shape index (κ2) is 9.67. The van der Waals surface area contributed by atoms with Gasteiger partial charge in [-0.1, -0.05) is 41.9 Å². The van der Waals surface area contributed by atoms with Crippen LogP contribution in [0.2, 0.25) is 5.02 Å². The molecule has 0 spiro atoms. The Hall–Kier alpha value is -3.30. The number of amides is 1. The van der Waals surface area contributed by atoms with Gasteiger partial charge in [-0.2, -0.15) is 0 Å². The van der Waals surface area contributed by atoms with E-state index in [9.17, 15) is 14.4 Å². The van der Waals surface area contributed by atoms with Gasteiger partial charge in [-0.15, -0.1) is 0 Å². The molecule has 31 heavy (non-hydrogen) atoms. The molecule has 0 radical (unpaired) electrons. The third-order valence-electron chi connectivity index (χ3n) is 4.83. The first kappa shape index (κ1) is 22.4. The quantitative estimate of drug-likeness (QED) is 0.513. The molecule has 2 aromatic heterocycles. The first-order chi connectivity index (χ1) is 14.8. The zero-order valence-electron chi connectivity index (χ0n) is 17.3. The number of methoxy groups -OCH3 is 1. The molecule has 0 aliphatic heterocycles. The van der Waals surface area contributed by atoms with E-state index in [4.69, 9.17) is 22.1 Å². The summed E-state index contributed by atoms with van der Waals surface area (Å²) in [6, 6.07) is 10.7. The topological polar surface area (TPSA) is 115 Å². The predicted octanol–water partition coefficient (Wildman–Crippen LogP) is 1.84. The molecule has 0 bridgehead atoms. The van der Waals surface area contributed by atoms with E-state index < -0.39 is 17.2 Å². The number of hydrogen-bond donors (Lipinski definition) is 2. The molecule has 0 unspecified atom stereocenters. The van der Waals surface area contributed by atoms with Gasteiger partial charge in [-0.05, 0) is 18.1 Å². The van der Waals surface area contributed by atoms with Gasteiger partial charge in [0.1, 0.15) is 11.5 Å². The molecule has 0 aliphatic rings. The molecule has 3 N–H and O–H groups in total. The fraction of sp³-hybridized carbons (Fsp3) is 0.286. The highest BCUT2D eigenvalue weighted by Gasteiger charge is 2.27. The molecule has 3 rings (SSSR count). The number of benzene rings is 1. The van der Waals surface area contributed by atoms with E-state index in [1.807, 2.05) is 30.3 Å². The fourth-order valence-corrected chi connectivity index (χ4v) is 3.57. The number of nitrogens with one attached hydrogen (secondary N) is 1. The minimum absolute atomic E-state index is 0.0889. The number of carbonyl (C=O) groups excluding carboxylic acids is 1. The molecule has 2 heterocycles. The number of aromatic amines is 1. The molecule has 1 amide bonds. The van der Waals surface area contributed by atoms with Gasteiger partial charge in [0.05, 0.1) is 11.6 Å². The minimum Gasteiger partial charge on any atom is -0.385 e. The molecule has 0 atom stereocenters. The van der Waals surface area contributed by atoms with Crippen LogP contribution in [-0.2, 0) is 18.3 Å². The van der Waals surface area contributed by atoms with Crippen molar-refractivity contribution in [3.8, 4) is 0 Å². The summed E-state index contributed by atoms with van der Waals surface area (Å²) in [5.74, 6) is -0.559. The van der Waals surface area contributed by atoms with Gasteiger partial charge < -0.3 is 15.0 Å². The van der Waals surface area contributed by atoms with E-state index in [2.05, 4.69) is 4.98 Å². The Bertz CT molecular complexity index is 1180. The number of anilines is 2. The van der Waals surface area contributed by atoms with Crippen LogP contribution in [0.1, 0.15) is 22.5 Å². The molecule has 0 saturated carbocycles. The van der Waals surface area contributed by atoms with Crippen molar-refractivity contribution in [3.05, 3.63) is 79.7 Å². The second-order valence-electron chi connectivity index (χ2n) is 7.02. The Morgan fingerprint density at radius 3 is 2.58 bits per heavy atom. The molecular formula is C21H24ClN5O4. The Kier molecular flexibility index (Phi) is 6.98. The maximum atomic E-state index is 13.3. The van der Waals surface area contributed by atoms with Crippen molar-refractivity contribution in [1.82, 2.24) is 14.1 Å². The van der Waals surface area contributed by atoms with E-state index in [1.165, 1.54) is 15.5 Å². The predicted molar refractivity (Wildman–Crippen MR) is 120 cm³/mol. The maximum Gasteiger partial charge on any atom is 0.330 e. The highest BCUT2D eigenvalue weighted by atomic mass is 35.5. The van der Waals surface area contributed by atoms with Crippen molar-refractivity contribution in [2.45, 2.75) is 13.0 Å². The lowest BCUT2D eigenvalue weighted by Crippen LogP contribution is -2.42. The fourth-order valence-electron chi connectivity index (χ4n) is 3.32. The average molecular weight is 446 g/mol. The lowest BCUT2D eigenvalue weighted by molar-refractivity contribution is 0.0975. The van der Waals surface area contributed by atoms with Crippen LogP contribution in [0.5, 0.6) is 0 Å². The zero-order chi connectivity index (χ0) is 22.5. The molecule has 164 valence electrons. The number of ether oxygens (including phenoxy) is 1. The smallest absolute Gasteiger partial charge is 0.330 e. The standard InChI is InChI=1S/C21H24ClN5O4/c1-25-13-15(22)11-16(25)20(29)26(9-6-10-31-2)17-18(23)27(21(30)24-19(17)28)12-14-7-4-3-5-8-14/h3-5,7-8,11,13H,6,9-10,12,23H2,1-2H3,(H,24,28,30). The number of H-pyrrole nitrogens is 1. The van der Waals surface area contributed by atoms with Crippen LogP contribution in [0.4, 0.5) is 11.5 Å². The van der Waals surface area contributed by atoms with Crippen molar-refractivity contribution in [2.75, 3.05) is 30.9 Å². The van der Waals surface area contributed by atoms with Gasteiger partial charge in [-0.25, -0.2) is 4.79 Å². The molecule has 0 aliphatic carbocycles. The monoisotopic (exact) mass is 445 g/mol. The Morgan fingerprint density at radius 1 is 1.26 bits per heavy atom. The summed E-state index contributed by atoms with van der Waals surface area (Å²) in [4.78, 5) is 42.1. The summed E-state index contributed by atoms with van der Waals surface area (Å²) in [6.45, 7) is 0.677. The van der Waals surface area contributed by atoms with Crippen LogP contribution in [0.15, 0.2) is 52.2 Å². The second-order valence-corrected chi connectivity index (χ2v) is 7.46. The SMILES string of the molecule is COCCCN(C(=O)c1cc(Cl)cn1C)c1c(N)n(Cc2ccccc2)c(=O)[nH]c1=O. The van der Waals surface area contributed by atoms with Crippen molar-refractivity contribution < 1.29 is 9.53 Å². The van der Waals surface area contributed by atoms with Crippen LogP contribution in [0.3, 0.4) is 0 Å². The van der Waals surface area contributed by atoms with Crippen molar-refractivity contribution >= 4 is 29.0 Å². The summed E-state index contributed by atoms with van der Waals surface area (Å²) in [6.07, 6.45) is 2.04. The van der Waals surface area contributed by atoms with Gasteiger partial charge in [0.25, 0.3) is 11.5 Å². The lowest BCUT2D eigenvalue weighted by atomic mass is 10.2. The number of nitrogens with two attached hydrogens (primary N) is 1. The lowest BCUT2D eigenvalue weighted by Gasteiger charge is -2.24. The summed E-state index contributed by atoms with van der Waals surface area (Å²) >= 11 is 6.04. The number of nitrogen functional groups attached to an aromatic ring is 1. The Balaban J connectivity index is 2.10. The van der Waals surface area contributed by atoms with Gasteiger partial charge in [0.15, 0.2) is 5.69 Å².